The van der Waals surface area contributed by atoms with Crippen LogP contribution in [-0.4, -0.2) is 23.7 Å². The summed E-state index contributed by atoms with van der Waals surface area (Å²) in [7, 11) is 1.31. The molecule has 150 valence electrons. The number of hydrogen-bond donors (Lipinski definition) is 2. The third-order valence-corrected chi connectivity index (χ3v) is 4.78. The quantitative estimate of drug-likeness (QED) is 0.617. The van der Waals surface area contributed by atoms with Crippen molar-refractivity contribution in [3.8, 4) is 0 Å². The van der Waals surface area contributed by atoms with Crippen molar-refractivity contribution < 1.29 is 14.3 Å². The third-order valence-electron chi connectivity index (χ3n) is 4.78. The van der Waals surface area contributed by atoms with E-state index in [9.17, 15) is 9.59 Å². The number of aryl methyl sites for hydroxylation is 2. The van der Waals surface area contributed by atoms with Crippen molar-refractivity contribution in [3.63, 3.8) is 0 Å². The zero-order chi connectivity index (χ0) is 20.8. The molecule has 2 N–H and O–H groups in total. The topological polar surface area (TPSA) is 72.4 Å². The van der Waals surface area contributed by atoms with Crippen LogP contribution in [-0.2, 0) is 17.8 Å². The largest absolute Gasteiger partial charge is 0.465 e. The van der Waals surface area contributed by atoms with Crippen LogP contribution in [0.4, 0.5) is 10.5 Å². The molecule has 0 unspecified atom stereocenters. The number of rotatable bonds is 6. The normalized spacial score (nSPS) is 10.4. The minimum Gasteiger partial charge on any atom is -0.465 e. The molecule has 2 amide bonds. The molecule has 0 aliphatic carbocycles. The molecule has 1 aromatic heterocycles. The first-order chi connectivity index (χ1) is 14.0. The fourth-order valence-electron chi connectivity index (χ4n) is 3.14. The molecule has 2 aromatic carbocycles. The predicted octanol–water partition coefficient (Wildman–Crippen LogP) is 4.26. The van der Waals surface area contributed by atoms with E-state index in [2.05, 4.69) is 47.2 Å². The van der Waals surface area contributed by atoms with E-state index in [-0.39, 0.29) is 6.03 Å². The number of nitrogens with zero attached hydrogens (tertiary/aromatic N) is 1. The lowest BCUT2D eigenvalue weighted by Gasteiger charge is -2.14. The highest BCUT2D eigenvalue weighted by molar-refractivity contribution is 6.00. The van der Waals surface area contributed by atoms with Crippen molar-refractivity contribution in [1.29, 1.82) is 0 Å². The summed E-state index contributed by atoms with van der Waals surface area (Å²) in [6.07, 6.45) is 2.00. The second-order valence-electron chi connectivity index (χ2n) is 6.90. The monoisotopic (exact) mass is 391 g/mol. The van der Waals surface area contributed by atoms with E-state index in [0.717, 1.165) is 12.2 Å². The van der Waals surface area contributed by atoms with Gasteiger partial charge >= 0.3 is 12.0 Å². The highest BCUT2D eigenvalue weighted by Crippen LogP contribution is 2.16. The molecular weight excluding hydrogens is 366 g/mol. The molecule has 0 saturated carbocycles. The summed E-state index contributed by atoms with van der Waals surface area (Å²) in [6, 6.07) is 16.7. The van der Waals surface area contributed by atoms with Gasteiger partial charge in [-0.1, -0.05) is 35.9 Å². The SMILES string of the molecule is COC(=O)c1ccccc1NC(=O)NCc1cccn1Cc1cc(C)ccc1C. The number of hydrogen-bond acceptors (Lipinski definition) is 3. The van der Waals surface area contributed by atoms with Gasteiger partial charge in [0.1, 0.15) is 0 Å². The van der Waals surface area contributed by atoms with Crippen LogP contribution >= 0.6 is 0 Å². The number of amides is 2. The number of carbonyl (C=O) groups excluding carboxylic acids is 2. The zero-order valence-electron chi connectivity index (χ0n) is 16.9. The van der Waals surface area contributed by atoms with E-state index in [1.54, 1.807) is 24.3 Å². The van der Waals surface area contributed by atoms with Gasteiger partial charge in [0.25, 0.3) is 0 Å². The lowest BCUT2D eigenvalue weighted by Crippen LogP contribution is -2.29. The molecule has 0 spiro atoms. The van der Waals surface area contributed by atoms with Crippen LogP contribution in [0.2, 0.25) is 0 Å². The number of aromatic nitrogens is 1. The maximum Gasteiger partial charge on any atom is 0.339 e. The number of carbonyl (C=O) groups is 2. The molecule has 0 saturated heterocycles. The number of anilines is 1. The lowest BCUT2D eigenvalue weighted by molar-refractivity contribution is 0.0602. The van der Waals surface area contributed by atoms with Gasteiger partial charge in [-0.15, -0.1) is 0 Å². The summed E-state index contributed by atoms with van der Waals surface area (Å²) in [6.45, 7) is 5.29. The number of ether oxygens (including phenoxy) is 1. The second kappa shape index (κ2) is 9.10. The van der Waals surface area contributed by atoms with E-state index in [1.807, 2.05) is 18.3 Å². The van der Waals surface area contributed by atoms with Crippen molar-refractivity contribution in [2.75, 3.05) is 12.4 Å². The average molecular weight is 391 g/mol. The number of nitrogens with one attached hydrogen (secondary N) is 2. The van der Waals surface area contributed by atoms with Crippen molar-refractivity contribution in [2.45, 2.75) is 26.9 Å². The standard InChI is InChI=1S/C23H25N3O3/c1-16-10-11-17(2)18(13-16)15-26-12-6-7-19(26)14-24-23(28)25-21-9-5-4-8-20(21)22(27)29-3/h4-13H,14-15H2,1-3H3,(H2,24,25,28). The van der Waals surface area contributed by atoms with Gasteiger partial charge in [-0.3, -0.25) is 0 Å². The molecule has 3 aromatic rings. The molecule has 0 bridgehead atoms. The summed E-state index contributed by atoms with van der Waals surface area (Å²) in [5.41, 5.74) is 5.41. The van der Waals surface area contributed by atoms with Crippen LogP contribution in [0.5, 0.6) is 0 Å². The first-order valence-electron chi connectivity index (χ1n) is 9.40. The van der Waals surface area contributed by atoms with Crippen LogP contribution in [0.25, 0.3) is 0 Å². The van der Waals surface area contributed by atoms with Gasteiger partial charge in [-0.25, -0.2) is 9.59 Å². The number of esters is 1. The van der Waals surface area contributed by atoms with Gasteiger partial charge < -0.3 is 19.9 Å². The Morgan fingerprint density at radius 2 is 1.83 bits per heavy atom. The maximum atomic E-state index is 12.4. The van der Waals surface area contributed by atoms with Gasteiger partial charge in [0.05, 0.1) is 24.9 Å². The Hall–Kier alpha value is -3.54. The van der Waals surface area contributed by atoms with Crippen LogP contribution < -0.4 is 10.6 Å². The van der Waals surface area contributed by atoms with Gasteiger partial charge in [0.15, 0.2) is 0 Å². The first-order valence-corrected chi connectivity index (χ1v) is 9.40. The van der Waals surface area contributed by atoms with Crippen molar-refractivity contribution >= 4 is 17.7 Å². The van der Waals surface area contributed by atoms with Crippen LogP contribution in [0.15, 0.2) is 60.8 Å². The molecule has 29 heavy (non-hydrogen) atoms. The Morgan fingerprint density at radius 3 is 2.62 bits per heavy atom. The minimum atomic E-state index is -0.497. The van der Waals surface area contributed by atoms with Gasteiger partial charge in [-0.05, 0) is 49.2 Å². The zero-order valence-corrected chi connectivity index (χ0v) is 16.9. The highest BCUT2D eigenvalue weighted by atomic mass is 16.5. The summed E-state index contributed by atoms with van der Waals surface area (Å²) in [5, 5.41) is 5.56. The molecule has 6 heteroatoms. The van der Waals surface area contributed by atoms with Gasteiger partial charge in [0, 0.05) is 18.4 Å². The van der Waals surface area contributed by atoms with E-state index in [0.29, 0.717) is 17.8 Å². The van der Waals surface area contributed by atoms with E-state index >= 15 is 0 Å². The number of methoxy groups -OCH3 is 1. The smallest absolute Gasteiger partial charge is 0.339 e. The van der Waals surface area contributed by atoms with Gasteiger partial charge in [-0.2, -0.15) is 0 Å². The molecule has 1 heterocycles. The lowest BCUT2D eigenvalue weighted by atomic mass is 10.1. The fraction of sp³-hybridized carbons (Fsp3) is 0.217. The molecule has 0 aliphatic heterocycles. The van der Waals surface area contributed by atoms with Gasteiger partial charge in [0.2, 0.25) is 0 Å². The summed E-state index contributed by atoms with van der Waals surface area (Å²) < 4.78 is 6.87. The van der Waals surface area contributed by atoms with Crippen LogP contribution in [0.1, 0.15) is 32.7 Å². The van der Waals surface area contributed by atoms with Crippen LogP contribution in [0, 0.1) is 13.8 Å². The second-order valence-corrected chi connectivity index (χ2v) is 6.90. The summed E-state index contributed by atoms with van der Waals surface area (Å²) >= 11 is 0. The average Bonchev–Trinajstić information content (AvgIpc) is 3.16. The van der Waals surface area contributed by atoms with Crippen molar-refractivity contribution in [3.05, 3.63) is 88.7 Å². The molecule has 6 nitrogen and oxygen atoms in total. The molecule has 0 radical (unpaired) electrons. The number of benzene rings is 2. The highest BCUT2D eigenvalue weighted by Gasteiger charge is 2.13. The molecule has 3 rings (SSSR count). The molecule has 0 atom stereocenters. The molecule has 0 aliphatic rings. The van der Waals surface area contributed by atoms with Crippen molar-refractivity contribution in [2.24, 2.45) is 0 Å². The van der Waals surface area contributed by atoms with E-state index < -0.39 is 5.97 Å². The van der Waals surface area contributed by atoms with Crippen LogP contribution in [0.3, 0.4) is 0 Å². The number of urea groups is 1. The van der Waals surface area contributed by atoms with E-state index in [4.69, 9.17) is 4.74 Å². The predicted molar refractivity (Wildman–Crippen MR) is 113 cm³/mol. The Morgan fingerprint density at radius 1 is 1.03 bits per heavy atom. The minimum absolute atomic E-state index is 0.309. The molecule has 0 fully saturated rings. The summed E-state index contributed by atoms with van der Waals surface area (Å²) in [5.74, 6) is -0.497. The molecular formula is C23H25N3O3. The summed E-state index contributed by atoms with van der Waals surface area (Å²) in [4.78, 5) is 24.2. The fourth-order valence-corrected chi connectivity index (χ4v) is 3.14. The Labute approximate surface area is 170 Å². The first kappa shape index (κ1) is 20.2. The number of para-hydroxylation sites is 1. The Balaban J connectivity index is 1.64. The third kappa shape index (κ3) is 5.04. The maximum absolute atomic E-state index is 12.4. The van der Waals surface area contributed by atoms with E-state index in [1.165, 1.54) is 23.8 Å². The Bertz CT molecular complexity index is 1020. The Kier molecular flexibility index (Phi) is 6.34. The van der Waals surface area contributed by atoms with Crippen molar-refractivity contribution in [1.82, 2.24) is 9.88 Å².